The van der Waals surface area contributed by atoms with E-state index in [0.717, 1.165) is 0 Å². The molecule has 1 radical (unpaired) electrons. The van der Waals surface area contributed by atoms with Gasteiger partial charge in [-0.15, -0.1) is 0 Å². The first-order valence-electron chi connectivity index (χ1n) is 3.21. The van der Waals surface area contributed by atoms with Crippen LogP contribution in [0.5, 0.6) is 0 Å². The fraction of sp³-hybridized carbons (Fsp3) is 0.714. The van der Waals surface area contributed by atoms with Crippen LogP contribution >= 0.6 is 0 Å². The molecule has 0 aromatic rings. The number of hydrogen-bond acceptors (Lipinski definition) is 3. The van der Waals surface area contributed by atoms with Crippen molar-refractivity contribution in [3.05, 3.63) is 6.61 Å². The minimum absolute atomic E-state index is 0.0633. The predicted octanol–water partition coefficient (Wildman–Crippen LogP) is 1.73. The van der Waals surface area contributed by atoms with E-state index in [-0.39, 0.29) is 11.5 Å². The first-order chi connectivity index (χ1) is 4.50. The van der Waals surface area contributed by atoms with Gasteiger partial charge < -0.3 is 9.47 Å². The highest BCUT2D eigenvalue weighted by Gasteiger charge is 2.35. The highest BCUT2D eigenvalue weighted by Crippen LogP contribution is 2.28. The van der Waals surface area contributed by atoms with Crippen LogP contribution in [0.25, 0.3) is 0 Å². The van der Waals surface area contributed by atoms with Crippen molar-refractivity contribution in [1.82, 2.24) is 0 Å². The van der Waals surface area contributed by atoms with Gasteiger partial charge >= 0.3 is 6.16 Å². The van der Waals surface area contributed by atoms with E-state index in [1.807, 2.05) is 20.8 Å². The Balaban J connectivity index is 2.53. The number of rotatable bonds is 0. The Bertz CT molecular complexity index is 145. The number of carbonyl (C=O) groups is 1. The maximum atomic E-state index is 10.4. The summed E-state index contributed by atoms with van der Waals surface area (Å²) in [5.74, 6) is 0. The third-order valence-electron chi connectivity index (χ3n) is 1.36. The molecule has 1 saturated heterocycles. The summed E-state index contributed by atoms with van der Waals surface area (Å²) in [6.07, 6.45) is -0.806. The Morgan fingerprint density at radius 1 is 1.50 bits per heavy atom. The SMILES string of the molecule is CC(C)(C)C1[CH]OC(=O)O1. The van der Waals surface area contributed by atoms with Gasteiger partial charge in [-0.25, -0.2) is 4.79 Å². The second kappa shape index (κ2) is 2.15. The summed E-state index contributed by atoms with van der Waals surface area (Å²) in [6.45, 7) is 7.38. The Kier molecular flexibility index (Phi) is 1.58. The lowest BCUT2D eigenvalue weighted by molar-refractivity contribution is 0.0761. The molecule has 1 heterocycles. The summed E-state index contributed by atoms with van der Waals surface area (Å²) < 4.78 is 9.31. The predicted molar refractivity (Wildman–Crippen MR) is 35.1 cm³/mol. The Morgan fingerprint density at radius 3 is 2.30 bits per heavy atom. The van der Waals surface area contributed by atoms with Crippen molar-refractivity contribution < 1.29 is 14.3 Å². The second-order valence-electron chi connectivity index (χ2n) is 3.41. The molecule has 0 N–H and O–H groups in total. The molecule has 1 aliphatic heterocycles. The van der Waals surface area contributed by atoms with Gasteiger partial charge in [0.25, 0.3) is 0 Å². The van der Waals surface area contributed by atoms with Crippen LogP contribution in [0.15, 0.2) is 0 Å². The van der Waals surface area contributed by atoms with E-state index in [1.165, 1.54) is 6.61 Å². The van der Waals surface area contributed by atoms with E-state index in [4.69, 9.17) is 4.74 Å². The summed E-state index contributed by atoms with van der Waals surface area (Å²) in [7, 11) is 0. The lowest BCUT2D eigenvalue weighted by Crippen LogP contribution is -2.25. The monoisotopic (exact) mass is 143 g/mol. The van der Waals surface area contributed by atoms with E-state index in [0.29, 0.717) is 0 Å². The highest BCUT2D eigenvalue weighted by molar-refractivity contribution is 5.63. The molecule has 1 atom stereocenters. The molecule has 1 rings (SSSR count). The molecular weight excluding hydrogens is 132 g/mol. The van der Waals surface area contributed by atoms with Gasteiger partial charge in [0, 0.05) is 5.41 Å². The summed E-state index contributed by atoms with van der Waals surface area (Å²) in [4.78, 5) is 10.4. The molecule has 10 heavy (non-hydrogen) atoms. The molecule has 1 aliphatic rings. The zero-order valence-electron chi connectivity index (χ0n) is 6.38. The average molecular weight is 143 g/mol. The molecule has 0 amide bonds. The van der Waals surface area contributed by atoms with Gasteiger partial charge in [0.05, 0.1) is 0 Å². The zero-order chi connectivity index (χ0) is 7.78. The molecule has 3 heteroatoms. The first-order valence-corrected chi connectivity index (χ1v) is 3.21. The van der Waals surface area contributed by atoms with Crippen LogP contribution < -0.4 is 0 Å². The van der Waals surface area contributed by atoms with Crippen LogP contribution in [0.2, 0.25) is 0 Å². The zero-order valence-corrected chi connectivity index (χ0v) is 6.38. The second-order valence-corrected chi connectivity index (χ2v) is 3.41. The van der Waals surface area contributed by atoms with Crippen LogP contribution in [-0.4, -0.2) is 12.3 Å². The van der Waals surface area contributed by atoms with Crippen molar-refractivity contribution in [3.8, 4) is 0 Å². The molecule has 0 aliphatic carbocycles. The maximum absolute atomic E-state index is 10.4. The number of cyclic esters (lactones) is 2. The van der Waals surface area contributed by atoms with Gasteiger partial charge in [0.2, 0.25) is 0 Å². The van der Waals surface area contributed by atoms with Crippen molar-refractivity contribution in [2.24, 2.45) is 5.41 Å². The molecular formula is C7H11O3. The van der Waals surface area contributed by atoms with E-state index >= 15 is 0 Å². The Morgan fingerprint density at radius 2 is 2.10 bits per heavy atom. The number of carbonyl (C=O) groups excluding carboxylic acids is 1. The summed E-state index contributed by atoms with van der Waals surface area (Å²) >= 11 is 0. The Hall–Kier alpha value is -0.730. The van der Waals surface area contributed by atoms with E-state index in [1.54, 1.807) is 0 Å². The molecule has 1 fully saturated rings. The van der Waals surface area contributed by atoms with Crippen molar-refractivity contribution in [2.45, 2.75) is 26.9 Å². The van der Waals surface area contributed by atoms with Gasteiger partial charge in [-0.3, -0.25) is 0 Å². The fourth-order valence-corrected chi connectivity index (χ4v) is 0.657. The smallest absolute Gasteiger partial charge is 0.426 e. The quantitative estimate of drug-likeness (QED) is 0.484. The normalized spacial score (nSPS) is 25.9. The molecule has 0 bridgehead atoms. The van der Waals surface area contributed by atoms with E-state index in [2.05, 4.69) is 4.74 Å². The summed E-state index contributed by atoms with van der Waals surface area (Å²) in [6, 6.07) is 0. The van der Waals surface area contributed by atoms with Crippen molar-refractivity contribution in [2.75, 3.05) is 0 Å². The van der Waals surface area contributed by atoms with Gasteiger partial charge in [-0.1, -0.05) is 20.8 Å². The van der Waals surface area contributed by atoms with Crippen molar-refractivity contribution >= 4 is 6.16 Å². The van der Waals surface area contributed by atoms with E-state index in [9.17, 15) is 4.79 Å². The minimum atomic E-state index is -0.597. The topological polar surface area (TPSA) is 35.5 Å². The van der Waals surface area contributed by atoms with Crippen molar-refractivity contribution in [3.63, 3.8) is 0 Å². The van der Waals surface area contributed by atoms with Crippen molar-refractivity contribution in [1.29, 1.82) is 0 Å². The van der Waals surface area contributed by atoms with Crippen LogP contribution in [0.4, 0.5) is 4.79 Å². The van der Waals surface area contributed by atoms with Gasteiger partial charge in [0.15, 0.2) is 12.7 Å². The summed E-state index contributed by atoms with van der Waals surface area (Å²) in [5.41, 5.74) is -0.0633. The first kappa shape index (κ1) is 7.38. The van der Waals surface area contributed by atoms with Gasteiger partial charge in [-0.2, -0.15) is 0 Å². The lowest BCUT2D eigenvalue weighted by Gasteiger charge is -2.21. The summed E-state index contributed by atoms with van der Waals surface area (Å²) in [5, 5.41) is 0. The van der Waals surface area contributed by atoms with Crippen LogP contribution in [0.1, 0.15) is 20.8 Å². The molecule has 0 aromatic carbocycles. The Labute approximate surface area is 60.3 Å². The standard InChI is InChI=1S/C7H11O3/c1-7(2,3)5-4-9-6(8)10-5/h4-5H,1-3H3. The van der Waals surface area contributed by atoms with Crippen LogP contribution in [0.3, 0.4) is 0 Å². The molecule has 0 saturated carbocycles. The fourth-order valence-electron chi connectivity index (χ4n) is 0.657. The molecule has 3 nitrogen and oxygen atoms in total. The molecule has 0 aromatic heterocycles. The third-order valence-corrected chi connectivity index (χ3v) is 1.36. The minimum Gasteiger partial charge on any atom is -0.426 e. The van der Waals surface area contributed by atoms with Crippen LogP contribution in [-0.2, 0) is 9.47 Å². The number of hydrogen-bond donors (Lipinski definition) is 0. The van der Waals surface area contributed by atoms with E-state index < -0.39 is 6.16 Å². The molecule has 57 valence electrons. The average Bonchev–Trinajstić information content (AvgIpc) is 2.11. The maximum Gasteiger partial charge on any atom is 0.509 e. The highest BCUT2D eigenvalue weighted by atomic mass is 16.8. The van der Waals surface area contributed by atoms with Gasteiger partial charge in [-0.05, 0) is 0 Å². The van der Waals surface area contributed by atoms with Crippen LogP contribution in [0, 0.1) is 12.0 Å². The van der Waals surface area contributed by atoms with Gasteiger partial charge in [0.1, 0.15) is 0 Å². The lowest BCUT2D eigenvalue weighted by atomic mass is 9.90. The number of ether oxygens (including phenoxy) is 2. The molecule has 0 spiro atoms. The third kappa shape index (κ3) is 1.40. The molecule has 1 unspecified atom stereocenters. The largest absolute Gasteiger partial charge is 0.509 e.